The van der Waals surface area contributed by atoms with Gasteiger partial charge in [-0.25, -0.2) is 4.98 Å². The lowest BCUT2D eigenvalue weighted by atomic mass is 9.91. The van der Waals surface area contributed by atoms with Gasteiger partial charge in [-0.2, -0.15) is 0 Å². The number of amides is 1. The molecule has 5 heteroatoms. The van der Waals surface area contributed by atoms with Gasteiger partial charge in [0, 0.05) is 44.0 Å². The molecule has 29 heavy (non-hydrogen) atoms. The van der Waals surface area contributed by atoms with Crippen LogP contribution in [0.3, 0.4) is 0 Å². The van der Waals surface area contributed by atoms with Crippen molar-refractivity contribution in [3.63, 3.8) is 0 Å². The lowest BCUT2D eigenvalue weighted by Crippen LogP contribution is -2.34. The Bertz CT molecular complexity index is 891. The van der Waals surface area contributed by atoms with Crippen LogP contribution in [0.25, 0.3) is 0 Å². The summed E-state index contributed by atoms with van der Waals surface area (Å²) in [5.74, 6) is 1.62. The predicted molar refractivity (Wildman–Crippen MR) is 116 cm³/mol. The molecule has 2 aromatic carbocycles. The quantitative estimate of drug-likeness (QED) is 0.647. The summed E-state index contributed by atoms with van der Waals surface area (Å²) in [5, 5.41) is 1.85. The molecule has 0 unspecified atom stereocenters. The molecule has 0 spiro atoms. The van der Waals surface area contributed by atoms with E-state index >= 15 is 0 Å². The topological polar surface area (TPSA) is 36.4 Å². The molecule has 2 saturated heterocycles. The van der Waals surface area contributed by atoms with Crippen LogP contribution in [0.2, 0.25) is 0 Å². The van der Waals surface area contributed by atoms with E-state index in [1.807, 2.05) is 10.3 Å². The van der Waals surface area contributed by atoms with Gasteiger partial charge < -0.3 is 9.80 Å². The average Bonchev–Trinajstić information content (AvgIpc) is 3.49. The maximum atomic E-state index is 12.6. The minimum absolute atomic E-state index is 0.0960. The number of likely N-dealkylation sites (tertiary alicyclic amines) is 2. The highest BCUT2D eigenvalue weighted by Gasteiger charge is 2.42. The van der Waals surface area contributed by atoms with E-state index in [0.717, 1.165) is 32.7 Å². The van der Waals surface area contributed by atoms with Crippen molar-refractivity contribution >= 4 is 17.2 Å². The van der Waals surface area contributed by atoms with Gasteiger partial charge in [-0.3, -0.25) is 4.79 Å². The Hall–Kier alpha value is -2.50. The Balaban J connectivity index is 1.27. The fraction of sp³-hybridized carbons (Fsp3) is 0.333. The van der Waals surface area contributed by atoms with Gasteiger partial charge in [-0.1, -0.05) is 60.7 Å². The molecular weight excluding hydrogens is 378 g/mol. The molecule has 1 amide bonds. The Kier molecular flexibility index (Phi) is 5.17. The van der Waals surface area contributed by atoms with Gasteiger partial charge >= 0.3 is 0 Å². The summed E-state index contributed by atoms with van der Waals surface area (Å²) < 4.78 is 0. The van der Waals surface area contributed by atoms with E-state index in [1.54, 1.807) is 5.51 Å². The number of fused-ring (bicyclic) bond motifs is 1. The number of hydrogen-bond donors (Lipinski definition) is 0. The van der Waals surface area contributed by atoms with Crippen LogP contribution >= 0.6 is 11.3 Å². The van der Waals surface area contributed by atoms with Crippen molar-refractivity contribution in [2.24, 2.45) is 11.8 Å². The van der Waals surface area contributed by atoms with Crippen LogP contribution in [0.5, 0.6) is 0 Å². The van der Waals surface area contributed by atoms with Gasteiger partial charge in [0.15, 0.2) is 0 Å². The summed E-state index contributed by atoms with van der Waals surface area (Å²) in [6.45, 7) is 4.89. The van der Waals surface area contributed by atoms with Gasteiger partial charge in [0.1, 0.15) is 5.69 Å². The Morgan fingerprint density at radius 1 is 0.931 bits per heavy atom. The molecule has 0 bridgehead atoms. The molecule has 2 aliphatic heterocycles. The number of rotatable bonds is 5. The molecule has 148 valence electrons. The second-order valence-corrected chi connectivity index (χ2v) is 8.92. The number of hydrogen-bond acceptors (Lipinski definition) is 4. The molecule has 4 nitrogen and oxygen atoms in total. The highest BCUT2D eigenvalue weighted by Crippen LogP contribution is 2.34. The molecule has 2 aliphatic rings. The fourth-order valence-corrected chi connectivity index (χ4v) is 5.44. The Labute approximate surface area is 175 Å². The standard InChI is InChI=1S/C24H25N3OS/c28-24(23-16-29-17-25-23)27-13-20-11-26(12-21(20)14-27)15-22(18-7-3-1-4-8-18)19-9-5-2-6-10-19/h1-10,16-17,20-22H,11-15H2/t20-,21-/m0/s1. The predicted octanol–water partition coefficient (Wildman–Crippen LogP) is 3.98. The molecule has 2 fully saturated rings. The van der Waals surface area contributed by atoms with Crippen LogP contribution in [-0.2, 0) is 0 Å². The number of aromatic nitrogens is 1. The van der Waals surface area contributed by atoms with Crippen molar-refractivity contribution < 1.29 is 4.79 Å². The smallest absolute Gasteiger partial charge is 0.273 e. The zero-order chi connectivity index (χ0) is 19.6. The number of thiazole rings is 1. The van der Waals surface area contributed by atoms with Crippen LogP contribution in [0, 0.1) is 11.8 Å². The second kappa shape index (κ2) is 8.09. The van der Waals surface area contributed by atoms with Crippen molar-refractivity contribution in [3.05, 3.63) is 88.4 Å². The van der Waals surface area contributed by atoms with Gasteiger partial charge in [-0.05, 0) is 23.0 Å². The molecule has 0 saturated carbocycles. The van der Waals surface area contributed by atoms with Gasteiger partial charge in [0.05, 0.1) is 5.51 Å². The van der Waals surface area contributed by atoms with Gasteiger partial charge in [0.2, 0.25) is 0 Å². The molecule has 0 radical (unpaired) electrons. The number of carbonyl (C=O) groups is 1. The third kappa shape index (κ3) is 3.85. The van der Waals surface area contributed by atoms with Gasteiger partial charge in [-0.15, -0.1) is 11.3 Å². The van der Waals surface area contributed by atoms with Crippen molar-refractivity contribution in [2.75, 3.05) is 32.7 Å². The summed E-state index contributed by atoms with van der Waals surface area (Å²) in [5.41, 5.74) is 5.08. The van der Waals surface area contributed by atoms with Crippen LogP contribution in [-0.4, -0.2) is 53.4 Å². The molecule has 3 heterocycles. The highest BCUT2D eigenvalue weighted by molar-refractivity contribution is 7.07. The Morgan fingerprint density at radius 2 is 1.52 bits per heavy atom. The monoisotopic (exact) mass is 403 g/mol. The summed E-state index contributed by atoms with van der Waals surface area (Å²) in [6.07, 6.45) is 0. The summed E-state index contributed by atoms with van der Waals surface area (Å²) in [6, 6.07) is 21.6. The zero-order valence-electron chi connectivity index (χ0n) is 16.4. The third-order valence-corrected chi connectivity index (χ3v) is 6.93. The molecule has 1 aromatic heterocycles. The lowest BCUT2D eigenvalue weighted by molar-refractivity contribution is 0.0769. The van der Waals surface area contributed by atoms with Crippen LogP contribution in [0.15, 0.2) is 71.6 Å². The Morgan fingerprint density at radius 3 is 2.03 bits per heavy atom. The van der Waals surface area contributed by atoms with Crippen LogP contribution in [0.1, 0.15) is 27.5 Å². The first-order chi connectivity index (χ1) is 14.3. The van der Waals surface area contributed by atoms with Crippen LogP contribution < -0.4 is 0 Å². The highest BCUT2D eigenvalue weighted by atomic mass is 32.1. The van der Waals surface area contributed by atoms with Crippen molar-refractivity contribution in [1.29, 1.82) is 0 Å². The molecule has 5 rings (SSSR count). The second-order valence-electron chi connectivity index (χ2n) is 8.20. The van der Waals surface area contributed by atoms with Gasteiger partial charge in [0.25, 0.3) is 5.91 Å². The molecule has 0 N–H and O–H groups in total. The number of carbonyl (C=O) groups excluding carboxylic acids is 1. The minimum atomic E-state index is 0.0960. The third-order valence-electron chi connectivity index (χ3n) is 6.35. The molecular formula is C24H25N3OS. The van der Waals surface area contributed by atoms with Crippen molar-refractivity contribution in [1.82, 2.24) is 14.8 Å². The van der Waals surface area contributed by atoms with E-state index in [9.17, 15) is 4.79 Å². The number of nitrogens with zero attached hydrogens (tertiary/aromatic N) is 3. The lowest BCUT2D eigenvalue weighted by Gasteiger charge is -2.26. The molecule has 0 aliphatic carbocycles. The van der Waals surface area contributed by atoms with E-state index in [1.165, 1.54) is 22.5 Å². The summed E-state index contributed by atoms with van der Waals surface area (Å²) >= 11 is 1.48. The van der Waals surface area contributed by atoms with E-state index in [2.05, 4.69) is 70.5 Å². The van der Waals surface area contributed by atoms with Crippen LogP contribution in [0.4, 0.5) is 0 Å². The SMILES string of the molecule is O=C(c1cscn1)N1C[C@@H]2CN(CC(c3ccccc3)c3ccccc3)C[C@H]2C1. The zero-order valence-corrected chi connectivity index (χ0v) is 17.2. The maximum absolute atomic E-state index is 12.6. The van der Waals surface area contributed by atoms with E-state index in [-0.39, 0.29) is 5.91 Å². The normalized spacial score (nSPS) is 21.6. The van der Waals surface area contributed by atoms with Crippen molar-refractivity contribution in [2.45, 2.75) is 5.92 Å². The summed E-state index contributed by atoms with van der Waals surface area (Å²) in [4.78, 5) is 21.4. The maximum Gasteiger partial charge on any atom is 0.273 e. The first-order valence-electron chi connectivity index (χ1n) is 10.3. The average molecular weight is 404 g/mol. The first-order valence-corrected chi connectivity index (χ1v) is 11.2. The molecule has 2 atom stereocenters. The van der Waals surface area contributed by atoms with E-state index in [0.29, 0.717) is 23.4 Å². The minimum Gasteiger partial charge on any atom is -0.337 e. The largest absolute Gasteiger partial charge is 0.337 e. The molecule has 3 aromatic rings. The number of benzene rings is 2. The van der Waals surface area contributed by atoms with Crippen molar-refractivity contribution in [3.8, 4) is 0 Å². The van der Waals surface area contributed by atoms with E-state index < -0.39 is 0 Å². The first kappa shape index (κ1) is 18.5. The summed E-state index contributed by atoms with van der Waals surface area (Å²) in [7, 11) is 0. The van der Waals surface area contributed by atoms with E-state index in [4.69, 9.17) is 0 Å². The fourth-order valence-electron chi connectivity index (χ4n) is 4.92.